The second kappa shape index (κ2) is 11.6. The monoisotopic (exact) mass is 577 g/mol. The molecule has 5 rings (SSSR count). The minimum atomic E-state index is -0.927. The standard InChI is InChI=1S/C29H24ClN3O4S2/c1-3-37-22-6-4-5-20(15-22)24-23(25(34)19-11-13-21(30)14-12-19)26(35)27(36)33(24)28-31-32-29(39-28)38-16-18-9-7-17(2)8-10-18/h4-15,24,34H,3,16H2,1-2H3. The molecular weight excluding hydrogens is 554 g/mol. The highest BCUT2D eigenvalue weighted by Crippen LogP contribution is 2.44. The van der Waals surface area contributed by atoms with Crippen LogP contribution in [-0.2, 0) is 15.3 Å². The number of ketones is 1. The lowest BCUT2D eigenvalue weighted by Crippen LogP contribution is -2.29. The van der Waals surface area contributed by atoms with Gasteiger partial charge in [0, 0.05) is 16.3 Å². The van der Waals surface area contributed by atoms with Gasteiger partial charge in [-0.2, -0.15) is 0 Å². The van der Waals surface area contributed by atoms with E-state index in [4.69, 9.17) is 16.3 Å². The number of nitrogens with zero attached hydrogens (tertiary/aromatic N) is 3. The Labute approximate surface area is 239 Å². The third kappa shape index (κ3) is 5.71. The van der Waals surface area contributed by atoms with Crippen molar-refractivity contribution in [1.29, 1.82) is 0 Å². The normalized spacial score (nSPS) is 16.6. The van der Waals surface area contributed by atoms with Gasteiger partial charge >= 0.3 is 5.91 Å². The molecule has 0 radical (unpaired) electrons. The molecule has 1 unspecified atom stereocenters. The summed E-state index contributed by atoms with van der Waals surface area (Å²) in [6, 6.07) is 20.8. The molecule has 0 aliphatic carbocycles. The highest BCUT2D eigenvalue weighted by atomic mass is 35.5. The Hall–Kier alpha value is -3.66. The van der Waals surface area contributed by atoms with Crippen molar-refractivity contribution in [1.82, 2.24) is 10.2 Å². The summed E-state index contributed by atoms with van der Waals surface area (Å²) in [6.45, 7) is 4.36. The first-order valence-corrected chi connectivity index (χ1v) is 14.3. The summed E-state index contributed by atoms with van der Waals surface area (Å²) in [5, 5.41) is 20.6. The van der Waals surface area contributed by atoms with E-state index in [0.29, 0.717) is 38.6 Å². The molecule has 7 nitrogen and oxygen atoms in total. The number of aliphatic hydroxyl groups excluding tert-OH is 1. The molecule has 2 heterocycles. The van der Waals surface area contributed by atoms with E-state index in [9.17, 15) is 14.7 Å². The van der Waals surface area contributed by atoms with Crippen molar-refractivity contribution in [2.75, 3.05) is 11.5 Å². The van der Waals surface area contributed by atoms with E-state index in [0.717, 1.165) is 5.56 Å². The van der Waals surface area contributed by atoms with Crippen molar-refractivity contribution >= 4 is 57.3 Å². The van der Waals surface area contributed by atoms with Crippen LogP contribution in [0.1, 0.15) is 35.2 Å². The van der Waals surface area contributed by atoms with Crippen molar-refractivity contribution in [2.24, 2.45) is 0 Å². The number of thioether (sulfide) groups is 1. The average Bonchev–Trinajstić information content (AvgIpc) is 3.51. The van der Waals surface area contributed by atoms with Crippen LogP contribution < -0.4 is 9.64 Å². The molecule has 198 valence electrons. The first-order valence-electron chi connectivity index (χ1n) is 12.2. The summed E-state index contributed by atoms with van der Waals surface area (Å²) in [4.78, 5) is 28.1. The lowest BCUT2D eigenvalue weighted by atomic mass is 9.95. The molecule has 1 saturated heterocycles. The van der Waals surface area contributed by atoms with Crippen molar-refractivity contribution in [2.45, 2.75) is 30.0 Å². The van der Waals surface area contributed by atoms with Crippen LogP contribution in [0, 0.1) is 6.92 Å². The Morgan fingerprint density at radius 3 is 2.54 bits per heavy atom. The molecule has 39 heavy (non-hydrogen) atoms. The number of halogens is 1. The van der Waals surface area contributed by atoms with Crippen LogP contribution in [0.5, 0.6) is 5.75 Å². The molecule has 0 spiro atoms. The van der Waals surface area contributed by atoms with Crippen LogP contribution >= 0.6 is 34.7 Å². The summed E-state index contributed by atoms with van der Waals surface area (Å²) in [7, 11) is 0. The van der Waals surface area contributed by atoms with Crippen LogP contribution in [-0.4, -0.2) is 33.6 Å². The number of ether oxygens (including phenoxy) is 1. The van der Waals surface area contributed by atoms with E-state index in [-0.39, 0.29) is 16.5 Å². The molecule has 0 saturated carbocycles. The lowest BCUT2D eigenvalue weighted by Gasteiger charge is -2.23. The van der Waals surface area contributed by atoms with Crippen LogP contribution in [0.15, 0.2) is 82.7 Å². The summed E-state index contributed by atoms with van der Waals surface area (Å²) in [6.07, 6.45) is 0. The van der Waals surface area contributed by atoms with Crippen LogP contribution in [0.25, 0.3) is 5.76 Å². The minimum absolute atomic E-state index is 0.0416. The largest absolute Gasteiger partial charge is 0.507 e. The van der Waals surface area contributed by atoms with Crippen LogP contribution in [0.3, 0.4) is 0 Å². The number of aryl methyl sites for hydroxylation is 1. The van der Waals surface area contributed by atoms with E-state index in [1.54, 1.807) is 48.5 Å². The highest BCUT2D eigenvalue weighted by molar-refractivity contribution is 8.00. The Bertz CT molecular complexity index is 1550. The molecule has 1 aliphatic rings. The van der Waals surface area contributed by atoms with Crippen molar-refractivity contribution in [3.05, 3.63) is 106 Å². The average molecular weight is 578 g/mol. The van der Waals surface area contributed by atoms with Gasteiger partial charge in [0.25, 0.3) is 5.78 Å². The van der Waals surface area contributed by atoms with Gasteiger partial charge in [-0.15, -0.1) is 10.2 Å². The van der Waals surface area contributed by atoms with Crippen LogP contribution in [0.2, 0.25) is 5.02 Å². The predicted molar refractivity (Wildman–Crippen MR) is 154 cm³/mol. The molecule has 1 atom stereocenters. The number of carbonyl (C=O) groups excluding carboxylic acids is 2. The van der Waals surface area contributed by atoms with Crippen molar-refractivity contribution in [3.8, 4) is 5.75 Å². The second-order valence-electron chi connectivity index (χ2n) is 8.81. The number of aromatic nitrogens is 2. The van der Waals surface area contributed by atoms with E-state index in [2.05, 4.69) is 34.5 Å². The molecule has 4 aromatic rings. The Balaban J connectivity index is 1.54. The van der Waals surface area contributed by atoms with E-state index < -0.39 is 17.7 Å². The van der Waals surface area contributed by atoms with E-state index in [1.807, 2.05) is 13.8 Å². The third-order valence-corrected chi connectivity index (χ3v) is 8.51. The number of carbonyl (C=O) groups is 2. The van der Waals surface area contributed by atoms with Gasteiger partial charge in [0.05, 0.1) is 18.2 Å². The zero-order chi connectivity index (χ0) is 27.5. The number of hydrogen-bond acceptors (Lipinski definition) is 8. The second-order valence-corrected chi connectivity index (χ2v) is 11.4. The summed E-state index contributed by atoms with van der Waals surface area (Å²) in [5.74, 6) is -0.622. The van der Waals surface area contributed by atoms with Gasteiger partial charge in [-0.05, 0) is 61.4 Å². The maximum Gasteiger partial charge on any atom is 0.301 e. The summed E-state index contributed by atoms with van der Waals surface area (Å²) in [5.41, 5.74) is 3.25. The first kappa shape index (κ1) is 26.9. The predicted octanol–water partition coefficient (Wildman–Crippen LogP) is 6.82. The van der Waals surface area contributed by atoms with Gasteiger partial charge in [0.1, 0.15) is 11.5 Å². The number of benzene rings is 3. The summed E-state index contributed by atoms with van der Waals surface area (Å²) < 4.78 is 6.33. The number of rotatable bonds is 8. The van der Waals surface area contributed by atoms with Crippen LogP contribution in [0.4, 0.5) is 5.13 Å². The minimum Gasteiger partial charge on any atom is -0.507 e. The molecule has 3 aromatic carbocycles. The SMILES string of the molecule is CCOc1cccc(C2C(=C(O)c3ccc(Cl)cc3)C(=O)C(=O)N2c2nnc(SCc3ccc(C)cc3)s2)c1. The number of anilines is 1. The fourth-order valence-electron chi connectivity index (χ4n) is 4.24. The maximum atomic E-state index is 13.4. The molecular formula is C29H24ClN3O4S2. The smallest absolute Gasteiger partial charge is 0.301 e. The Kier molecular flexibility index (Phi) is 8.02. The number of hydrogen-bond donors (Lipinski definition) is 1. The molecule has 1 N–H and O–H groups in total. The molecule has 1 aliphatic heterocycles. The maximum absolute atomic E-state index is 13.4. The lowest BCUT2D eigenvalue weighted by molar-refractivity contribution is -0.132. The van der Waals surface area contributed by atoms with E-state index in [1.165, 1.54) is 33.6 Å². The zero-order valence-corrected chi connectivity index (χ0v) is 23.5. The Morgan fingerprint density at radius 1 is 1.08 bits per heavy atom. The van der Waals surface area contributed by atoms with Crippen molar-refractivity contribution in [3.63, 3.8) is 0 Å². The van der Waals surface area contributed by atoms with Gasteiger partial charge in [0.15, 0.2) is 4.34 Å². The fourth-order valence-corrected chi connectivity index (χ4v) is 6.19. The van der Waals surface area contributed by atoms with Gasteiger partial charge in [-0.3, -0.25) is 14.5 Å². The quantitative estimate of drug-likeness (QED) is 0.0807. The first-order chi connectivity index (χ1) is 18.9. The highest BCUT2D eigenvalue weighted by Gasteiger charge is 2.48. The Morgan fingerprint density at radius 2 is 1.82 bits per heavy atom. The van der Waals surface area contributed by atoms with Gasteiger partial charge in [0.2, 0.25) is 5.13 Å². The van der Waals surface area contributed by atoms with E-state index >= 15 is 0 Å². The van der Waals surface area contributed by atoms with Gasteiger partial charge < -0.3 is 9.84 Å². The summed E-state index contributed by atoms with van der Waals surface area (Å²) >= 11 is 8.74. The van der Waals surface area contributed by atoms with Gasteiger partial charge in [-0.25, -0.2) is 0 Å². The van der Waals surface area contributed by atoms with Crippen molar-refractivity contribution < 1.29 is 19.4 Å². The molecule has 10 heteroatoms. The molecule has 1 aromatic heterocycles. The number of Topliss-reactive ketones (excluding diaryl/α,β-unsaturated/α-hetero) is 1. The third-order valence-electron chi connectivity index (χ3n) is 6.13. The fraction of sp³-hybridized carbons (Fsp3) is 0.172. The van der Waals surface area contributed by atoms with Gasteiger partial charge in [-0.1, -0.05) is 76.7 Å². The molecule has 1 amide bonds. The number of aliphatic hydroxyl groups is 1. The topological polar surface area (TPSA) is 92.6 Å². The zero-order valence-electron chi connectivity index (χ0n) is 21.1. The number of amides is 1. The molecule has 0 bridgehead atoms. The molecule has 1 fully saturated rings.